The van der Waals surface area contributed by atoms with E-state index in [0.717, 1.165) is 89.3 Å². The van der Waals surface area contributed by atoms with E-state index in [1.807, 2.05) is 18.0 Å². The zero-order valence-electron chi connectivity index (χ0n) is 29.3. The average molecular weight is 644 g/mol. The molecule has 0 aliphatic heterocycles. The van der Waals surface area contributed by atoms with Crippen LogP contribution in [0.1, 0.15) is 126 Å². The number of esters is 1. The number of ether oxygens (including phenoxy) is 2. The first-order chi connectivity index (χ1) is 22.6. The highest BCUT2D eigenvalue weighted by Crippen LogP contribution is 2.71. The molecule has 2 aromatic carbocycles. The summed E-state index contributed by atoms with van der Waals surface area (Å²) < 4.78 is 11.6. The van der Waals surface area contributed by atoms with Crippen molar-refractivity contribution in [3.63, 3.8) is 0 Å². The Labute approximate surface area is 282 Å². The van der Waals surface area contributed by atoms with E-state index in [1.165, 1.54) is 23.6 Å². The van der Waals surface area contributed by atoms with E-state index in [4.69, 9.17) is 9.47 Å². The molecular formula is C41H57NO5. The summed E-state index contributed by atoms with van der Waals surface area (Å²) in [6.07, 6.45) is 14.7. The maximum Gasteiger partial charge on any atom is 0.308 e. The number of hydrogen-bond acceptors (Lipinski definition) is 5. The molecule has 0 spiro atoms. The summed E-state index contributed by atoms with van der Waals surface area (Å²) in [5, 5.41) is 11.4. The molecule has 0 bridgehead atoms. The van der Waals surface area contributed by atoms with Crippen molar-refractivity contribution in [1.82, 2.24) is 4.90 Å². The summed E-state index contributed by atoms with van der Waals surface area (Å²) in [6.45, 7) is 11.9. The molecule has 0 aromatic heterocycles. The number of rotatable bonds is 15. The molecular weight excluding hydrogens is 586 g/mol. The number of aryl methyl sites for hydroxylation is 1. The van der Waals surface area contributed by atoms with Crippen molar-refractivity contribution in [2.24, 2.45) is 16.7 Å². The van der Waals surface area contributed by atoms with Gasteiger partial charge in [-0.15, -0.1) is 6.58 Å². The first kappa shape index (κ1) is 35.2. The lowest BCUT2D eigenvalue weighted by atomic mass is 9.44. The Kier molecular flexibility index (Phi) is 11.5. The van der Waals surface area contributed by atoms with Crippen LogP contribution in [-0.4, -0.2) is 48.2 Å². The molecule has 6 heteroatoms. The molecule has 47 heavy (non-hydrogen) atoms. The normalized spacial score (nSPS) is 27.7. The second kappa shape index (κ2) is 15.4. The molecule has 6 atom stereocenters. The Morgan fingerprint density at radius 2 is 1.74 bits per heavy atom. The molecule has 6 nitrogen and oxygen atoms in total. The number of allylic oxidation sites excluding steroid dienone is 1. The summed E-state index contributed by atoms with van der Waals surface area (Å²) in [7, 11) is 1.92. The van der Waals surface area contributed by atoms with Crippen LogP contribution in [0, 0.1) is 16.7 Å². The van der Waals surface area contributed by atoms with E-state index in [9.17, 15) is 14.7 Å². The predicted molar refractivity (Wildman–Crippen MR) is 188 cm³/mol. The quantitative estimate of drug-likeness (QED) is 0.0909. The van der Waals surface area contributed by atoms with Gasteiger partial charge in [0.2, 0.25) is 5.91 Å². The van der Waals surface area contributed by atoms with Crippen LogP contribution in [0.3, 0.4) is 0 Å². The maximum atomic E-state index is 12.2. The van der Waals surface area contributed by atoms with Crippen molar-refractivity contribution in [1.29, 1.82) is 0 Å². The SMILES string of the molecule is C=C[C@@]12CCc3cc(OC(C)=O)ccc3C1[C@@H](c1ccc(OCCCCCCCC(=O)N(C)CCCC)cc1)C[C@@]1(C)C2CC[C@@H]1O. The lowest BCUT2D eigenvalue weighted by Crippen LogP contribution is -2.53. The van der Waals surface area contributed by atoms with Crippen molar-refractivity contribution >= 4 is 11.9 Å². The first-order valence-electron chi connectivity index (χ1n) is 18.2. The van der Waals surface area contributed by atoms with Gasteiger partial charge in [0.15, 0.2) is 0 Å². The molecule has 2 unspecified atom stereocenters. The maximum absolute atomic E-state index is 12.2. The van der Waals surface area contributed by atoms with Gasteiger partial charge in [-0.25, -0.2) is 0 Å². The van der Waals surface area contributed by atoms with Gasteiger partial charge in [-0.05, 0) is 115 Å². The van der Waals surface area contributed by atoms with Gasteiger partial charge in [0.25, 0.3) is 0 Å². The lowest BCUT2D eigenvalue weighted by Gasteiger charge is -2.60. The van der Waals surface area contributed by atoms with E-state index in [1.54, 1.807) is 0 Å². The van der Waals surface area contributed by atoms with Crippen LogP contribution in [0.2, 0.25) is 0 Å². The second-order valence-electron chi connectivity index (χ2n) is 14.8. The number of aliphatic hydroxyl groups excluding tert-OH is 1. The zero-order chi connectivity index (χ0) is 33.6. The first-order valence-corrected chi connectivity index (χ1v) is 18.2. The molecule has 1 N–H and O–H groups in total. The molecule has 2 saturated carbocycles. The Bertz CT molecular complexity index is 1390. The number of aliphatic hydroxyl groups is 1. The molecule has 0 radical (unpaired) electrons. The molecule has 3 aliphatic carbocycles. The topological polar surface area (TPSA) is 76.1 Å². The molecule has 2 fully saturated rings. The van der Waals surface area contributed by atoms with Gasteiger partial charge >= 0.3 is 5.97 Å². The summed E-state index contributed by atoms with van der Waals surface area (Å²) in [5.74, 6) is 2.29. The summed E-state index contributed by atoms with van der Waals surface area (Å²) >= 11 is 0. The van der Waals surface area contributed by atoms with E-state index < -0.39 is 0 Å². The fraction of sp³-hybridized carbons (Fsp3) is 0.610. The third kappa shape index (κ3) is 7.48. The van der Waals surface area contributed by atoms with Crippen LogP contribution in [-0.2, 0) is 16.0 Å². The van der Waals surface area contributed by atoms with Crippen molar-refractivity contribution in [3.05, 3.63) is 71.8 Å². The largest absolute Gasteiger partial charge is 0.494 e. The van der Waals surface area contributed by atoms with Gasteiger partial charge in [0.05, 0.1) is 12.7 Å². The standard InChI is InChI=1S/C41H57NO5/c1-6-8-25-42(5)38(45)14-12-10-9-11-13-26-46-32-17-15-30(16-18-32)35-28-40(4)36(21-22-37(40)44)41(7-2)24-23-31-27-33(47-29(3)43)19-20-34(31)39(35)41/h7,15-20,27,35-37,39,44H,2,6,8-14,21-26,28H2,1,3-5H3/t35-,36?,37+,39?,40+,41+/m1/s1. The highest BCUT2D eigenvalue weighted by Gasteiger charge is 2.63. The fourth-order valence-electron chi connectivity index (χ4n) is 9.38. The monoisotopic (exact) mass is 643 g/mol. The summed E-state index contributed by atoms with van der Waals surface area (Å²) in [6, 6.07) is 14.9. The van der Waals surface area contributed by atoms with Crippen molar-refractivity contribution in [3.8, 4) is 11.5 Å². The van der Waals surface area contributed by atoms with Gasteiger partial charge in [-0.1, -0.05) is 63.8 Å². The van der Waals surface area contributed by atoms with E-state index in [-0.39, 0.29) is 40.6 Å². The fourth-order valence-corrected chi connectivity index (χ4v) is 9.38. The minimum Gasteiger partial charge on any atom is -0.494 e. The van der Waals surface area contributed by atoms with Crippen molar-refractivity contribution in [2.75, 3.05) is 20.2 Å². The number of benzene rings is 2. The summed E-state index contributed by atoms with van der Waals surface area (Å²) in [5.41, 5.74) is 3.58. The number of carbonyl (C=O) groups is 2. The Morgan fingerprint density at radius 3 is 2.47 bits per heavy atom. The van der Waals surface area contributed by atoms with Crippen LogP contribution in [0.25, 0.3) is 0 Å². The van der Waals surface area contributed by atoms with Crippen molar-refractivity contribution < 1.29 is 24.2 Å². The van der Waals surface area contributed by atoms with Crippen LogP contribution in [0.5, 0.6) is 11.5 Å². The van der Waals surface area contributed by atoms with E-state index in [2.05, 4.69) is 62.9 Å². The summed E-state index contributed by atoms with van der Waals surface area (Å²) in [4.78, 5) is 25.8. The minimum absolute atomic E-state index is 0.113. The smallest absolute Gasteiger partial charge is 0.308 e. The van der Waals surface area contributed by atoms with Gasteiger partial charge < -0.3 is 19.5 Å². The minimum atomic E-state index is -0.309. The number of fused-ring (bicyclic) bond motifs is 5. The third-order valence-electron chi connectivity index (χ3n) is 11.9. The molecule has 3 aliphatic rings. The Hall–Kier alpha value is -3.12. The number of nitrogens with zero attached hydrogens (tertiary/aromatic N) is 1. The van der Waals surface area contributed by atoms with Crippen LogP contribution >= 0.6 is 0 Å². The molecule has 256 valence electrons. The van der Waals surface area contributed by atoms with Gasteiger partial charge in [-0.3, -0.25) is 9.59 Å². The number of hydrogen-bond donors (Lipinski definition) is 1. The molecule has 1 amide bonds. The molecule has 0 saturated heterocycles. The number of carbonyl (C=O) groups excluding carboxylic acids is 2. The highest BCUT2D eigenvalue weighted by molar-refractivity contribution is 5.75. The second-order valence-corrected chi connectivity index (χ2v) is 14.8. The lowest BCUT2D eigenvalue weighted by molar-refractivity contribution is -0.132. The van der Waals surface area contributed by atoms with E-state index >= 15 is 0 Å². The Balaban J connectivity index is 1.22. The van der Waals surface area contributed by atoms with Gasteiger partial charge in [0.1, 0.15) is 11.5 Å². The molecule has 5 rings (SSSR count). The molecule has 2 aromatic rings. The van der Waals surface area contributed by atoms with Gasteiger partial charge in [-0.2, -0.15) is 0 Å². The average Bonchev–Trinajstić information content (AvgIpc) is 3.37. The third-order valence-corrected chi connectivity index (χ3v) is 11.9. The number of amides is 1. The Morgan fingerprint density at radius 1 is 1.02 bits per heavy atom. The molecule has 0 heterocycles. The van der Waals surface area contributed by atoms with Crippen molar-refractivity contribution in [2.45, 2.75) is 122 Å². The van der Waals surface area contributed by atoms with Crippen LogP contribution < -0.4 is 9.47 Å². The van der Waals surface area contributed by atoms with E-state index in [0.29, 0.717) is 24.7 Å². The zero-order valence-corrected chi connectivity index (χ0v) is 29.3. The van der Waals surface area contributed by atoms with Crippen LogP contribution in [0.4, 0.5) is 0 Å². The van der Waals surface area contributed by atoms with Crippen LogP contribution in [0.15, 0.2) is 55.1 Å². The highest BCUT2D eigenvalue weighted by atomic mass is 16.5. The predicted octanol–water partition coefficient (Wildman–Crippen LogP) is 8.76. The van der Waals surface area contributed by atoms with Gasteiger partial charge in [0, 0.05) is 32.9 Å². The number of unbranched alkanes of at least 4 members (excludes halogenated alkanes) is 5.